The maximum Gasteiger partial charge on any atom is 0.313 e. The second kappa shape index (κ2) is 13.1. The summed E-state index contributed by atoms with van der Waals surface area (Å²) in [6.45, 7) is 19.8. The van der Waals surface area contributed by atoms with Crippen molar-refractivity contribution in [3.63, 3.8) is 0 Å². The van der Waals surface area contributed by atoms with Crippen molar-refractivity contribution in [2.45, 2.75) is 157 Å². The van der Waals surface area contributed by atoms with Crippen LogP contribution in [0.15, 0.2) is 28.8 Å². The highest BCUT2D eigenvalue weighted by atomic mass is 16.5. The number of ether oxygens (including phenoxy) is 1. The number of hydrogen-bond donors (Lipinski definition) is 0. The molecule has 0 aromatic rings. The third-order valence-electron chi connectivity index (χ3n) is 10.6. The minimum absolute atomic E-state index is 0.000954. The minimum Gasteiger partial charge on any atom is -0.463 e. The highest BCUT2D eigenvalue weighted by Crippen LogP contribution is 2.49. The summed E-state index contributed by atoms with van der Waals surface area (Å²) in [5.41, 5.74) is 1.02. The summed E-state index contributed by atoms with van der Waals surface area (Å²) >= 11 is 0. The van der Waals surface area contributed by atoms with Gasteiger partial charge in [-0.3, -0.25) is 9.59 Å². The minimum atomic E-state index is -0.509. The lowest BCUT2D eigenvalue weighted by atomic mass is 9.69. The Balaban J connectivity index is 1.72. The lowest BCUT2D eigenvalue weighted by Gasteiger charge is -2.48. The smallest absolute Gasteiger partial charge is 0.313 e. The van der Waals surface area contributed by atoms with Crippen molar-refractivity contribution in [1.29, 1.82) is 0 Å². The summed E-state index contributed by atoms with van der Waals surface area (Å²) in [7, 11) is 2.11. The summed E-state index contributed by atoms with van der Waals surface area (Å²) < 4.78 is 5.58. The molecule has 3 aliphatic carbocycles. The zero-order valence-corrected chi connectivity index (χ0v) is 29.0. The van der Waals surface area contributed by atoms with Crippen LogP contribution in [0.4, 0.5) is 0 Å². The van der Waals surface area contributed by atoms with E-state index in [0.29, 0.717) is 17.8 Å². The highest BCUT2D eigenvalue weighted by Gasteiger charge is 2.54. The molecule has 0 saturated heterocycles. The number of aliphatic imine (C=N–C) groups is 1. The Morgan fingerprint density at radius 1 is 1.07 bits per heavy atom. The van der Waals surface area contributed by atoms with Crippen LogP contribution in [0.1, 0.15) is 133 Å². The first-order valence-corrected chi connectivity index (χ1v) is 17.3. The maximum absolute atomic E-state index is 14.8. The molecule has 2 saturated carbocycles. The monoisotopic (exact) mass is 595 g/mol. The van der Waals surface area contributed by atoms with Gasteiger partial charge in [0.1, 0.15) is 5.66 Å². The van der Waals surface area contributed by atoms with E-state index in [9.17, 15) is 9.59 Å². The number of carbonyl (C=O) groups excluding carboxylic acids is 2. The van der Waals surface area contributed by atoms with Gasteiger partial charge in [-0.15, -0.1) is 0 Å². The summed E-state index contributed by atoms with van der Waals surface area (Å²) in [4.78, 5) is 37.6. The van der Waals surface area contributed by atoms with Crippen molar-refractivity contribution in [3.05, 3.63) is 23.8 Å². The van der Waals surface area contributed by atoms with Gasteiger partial charge in [0.2, 0.25) is 0 Å². The van der Waals surface area contributed by atoms with Gasteiger partial charge in [-0.05, 0) is 93.5 Å². The molecule has 3 unspecified atom stereocenters. The number of likely N-dealkylation sites (N-methyl/N-ethyl adjacent to an activating group) is 1. The Morgan fingerprint density at radius 2 is 1.70 bits per heavy atom. The van der Waals surface area contributed by atoms with Crippen LogP contribution in [0, 0.1) is 28.6 Å². The fourth-order valence-electron chi connectivity index (χ4n) is 7.89. The van der Waals surface area contributed by atoms with Crippen LogP contribution >= 0.6 is 0 Å². The average Bonchev–Trinajstić information content (AvgIpc) is 3.19. The van der Waals surface area contributed by atoms with Crippen LogP contribution < -0.4 is 0 Å². The van der Waals surface area contributed by atoms with Crippen LogP contribution in [0.3, 0.4) is 0 Å². The Kier molecular flexibility index (Phi) is 10.3. The zero-order chi connectivity index (χ0) is 31.7. The van der Waals surface area contributed by atoms with Crippen LogP contribution in [0.25, 0.3) is 0 Å². The van der Waals surface area contributed by atoms with Gasteiger partial charge in [0.25, 0.3) is 5.91 Å². The first-order valence-electron chi connectivity index (χ1n) is 17.3. The predicted molar refractivity (Wildman–Crippen MR) is 177 cm³/mol. The average molecular weight is 596 g/mol. The maximum atomic E-state index is 14.8. The van der Waals surface area contributed by atoms with E-state index in [2.05, 4.69) is 77.5 Å². The summed E-state index contributed by atoms with van der Waals surface area (Å²) in [5, 5.41) is 0. The van der Waals surface area contributed by atoms with E-state index in [-0.39, 0.29) is 46.7 Å². The van der Waals surface area contributed by atoms with Gasteiger partial charge in [-0.25, -0.2) is 4.99 Å². The highest BCUT2D eigenvalue weighted by molar-refractivity contribution is 6.39. The van der Waals surface area contributed by atoms with Crippen molar-refractivity contribution in [3.8, 4) is 0 Å². The van der Waals surface area contributed by atoms with E-state index in [0.717, 1.165) is 56.9 Å². The first-order chi connectivity index (χ1) is 20.0. The Hall–Kier alpha value is -2.11. The Labute approximate surface area is 262 Å². The second-order valence-electron chi connectivity index (χ2n) is 16.6. The summed E-state index contributed by atoms with van der Waals surface area (Å²) in [6.07, 6.45) is 18.1. The molecule has 43 heavy (non-hydrogen) atoms. The van der Waals surface area contributed by atoms with Gasteiger partial charge < -0.3 is 14.5 Å². The molecule has 0 radical (unpaired) electrons. The third kappa shape index (κ3) is 7.76. The van der Waals surface area contributed by atoms with Gasteiger partial charge in [0, 0.05) is 13.1 Å². The van der Waals surface area contributed by atoms with E-state index in [1.165, 1.54) is 19.3 Å². The number of rotatable bonds is 7. The fraction of sp³-hybridized carbons (Fsp3) is 0.811. The molecule has 1 amide bonds. The largest absolute Gasteiger partial charge is 0.463 e. The quantitative estimate of drug-likeness (QED) is 0.278. The molecule has 4 aliphatic rings. The lowest BCUT2D eigenvalue weighted by molar-refractivity contribution is -0.151. The number of allylic oxidation sites excluding steroid dienone is 1. The van der Waals surface area contributed by atoms with Crippen LogP contribution in [-0.2, 0) is 14.3 Å². The van der Waals surface area contributed by atoms with Crippen LogP contribution in [-0.4, -0.2) is 58.4 Å². The fourth-order valence-corrected chi connectivity index (χ4v) is 7.89. The van der Waals surface area contributed by atoms with Gasteiger partial charge in [-0.1, -0.05) is 86.0 Å². The molecule has 0 N–H and O–H groups in total. The van der Waals surface area contributed by atoms with E-state index in [4.69, 9.17) is 9.73 Å². The number of amides is 1. The molecule has 1 heterocycles. The van der Waals surface area contributed by atoms with Crippen molar-refractivity contribution < 1.29 is 14.3 Å². The first kappa shape index (κ1) is 33.8. The zero-order valence-electron chi connectivity index (χ0n) is 29.0. The van der Waals surface area contributed by atoms with Crippen LogP contribution in [0.5, 0.6) is 0 Å². The molecular formula is C37H61N3O3. The number of nitrogens with zero attached hydrogens (tertiary/aromatic N) is 3. The van der Waals surface area contributed by atoms with E-state index < -0.39 is 5.66 Å². The second-order valence-corrected chi connectivity index (χ2v) is 16.6. The van der Waals surface area contributed by atoms with Crippen LogP contribution in [0.2, 0.25) is 0 Å². The molecule has 0 aromatic heterocycles. The van der Waals surface area contributed by atoms with Crippen molar-refractivity contribution >= 4 is 17.7 Å². The number of amidine groups is 1. The lowest BCUT2D eigenvalue weighted by Crippen LogP contribution is -2.56. The Bertz CT molecular complexity index is 1090. The summed E-state index contributed by atoms with van der Waals surface area (Å²) in [5.74, 6) is 0.926. The molecule has 6 heteroatoms. The van der Waals surface area contributed by atoms with E-state index >= 15 is 0 Å². The third-order valence-corrected chi connectivity index (χ3v) is 10.6. The summed E-state index contributed by atoms with van der Waals surface area (Å²) in [6, 6.07) is 0.300. The topological polar surface area (TPSA) is 62.2 Å². The molecule has 1 spiro atoms. The molecule has 6 nitrogen and oxygen atoms in total. The number of carbonyl (C=O) groups is 2. The van der Waals surface area contributed by atoms with E-state index in [1.54, 1.807) is 0 Å². The van der Waals surface area contributed by atoms with Gasteiger partial charge in [-0.2, -0.15) is 0 Å². The van der Waals surface area contributed by atoms with Gasteiger partial charge >= 0.3 is 5.97 Å². The van der Waals surface area contributed by atoms with Gasteiger partial charge in [0.05, 0.1) is 18.1 Å². The van der Waals surface area contributed by atoms with Gasteiger partial charge in [0.15, 0.2) is 5.84 Å². The van der Waals surface area contributed by atoms with Crippen molar-refractivity contribution in [2.24, 2.45) is 33.6 Å². The Morgan fingerprint density at radius 3 is 2.23 bits per heavy atom. The van der Waals surface area contributed by atoms with Crippen molar-refractivity contribution in [1.82, 2.24) is 9.80 Å². The molecule has 242 valence electrons. The number of esters is 1. The standard InChI is InChI=1S/C37H61N3O3/c1-25(2)43-34(42)30-17-16-27(24-26(30)3)31(20-21-35(4,5)6)40-33(41)32(39(10)29-14-12-11-13-15-29)38-37(40)22-18-28(19-23-37)36(7,8)9/h16-17,24-26,28-31H,11-15,18-23H2,1-10H3. The molecule has 2 fully saturated rings. The molecule has 4 rings (SSSR count). The van der Waals surface area contributed by atoms with Crippen molar-refractivity contribution in [2.75, 3.05) is 7.05 Å². The molecule has 0 bridgehead atoms. The van der Waals surface area contributed by atoms with E-state index in [1.807, 2.05) is 19.9 Å². The molecule has 1 aliphatic heterocycles. The normalized spacial score (nSPS) is 29.6. The predicted octanol–water partition coefficient (Wildman–Crippen LogP) is 8.32. The molecule has 0 aromatic carbocycles. The molecule has 3 atom stereocenters. The molecular weight excluding hydrogens is 534 g/mol. The SMILES string of the molecule is CC(C)OC(=O)C1C=CC(C(CCC(C)(C)C)N2C(=O)C(N(C)C3CCCCC3)=NC23CCC(C(C)(C)C)CC3)=CC1C. The number of hydrogen-bond acceptors (Lipinski definition) is 5.